The summed E-state index contributed by atoms with van der Waals surface area (Å²) in [5, 5.41) is 0. The number of hydrogen-bond acceptors (Lipinski definition) is 1. The van der Waals surface area contributed by atoms with Gasteiger partial charge < -0.3 is 9.80 Å². The van der Waals surface area contributed by atoms with Crippen molar-refractivity contribution in [2.24, 2.45) is 0 Å². The zero-order valence-electron chi connectivity index (χ0n) is 12.2. The van der Waals surface area contributed by atoms with Crippen molar-refractivity contribution in [3.8, 4) is 0 Å². The lowest BCUT2D eigenvalue weighted by Gasteiger charge is -2.29. The van der Waals surface area contributed by atoms with Crippen LogP contribution in [-0.2, 0) is 13.1 Å². The maximum absolute atomic E-state index is 4.44. The monoisotopic (exact) mass is 347 g/mol. The summed E-state index contributed by atoms with van der Waals surface area (Å²) < 4.78 is 1.24. The molecule has 4 heteroatoms. The fraction of sp³-hybridized carbons (Fsp3) is 0.353. The first kappa shape index (κ1) is 14.7. The lowest BCUT2D eigenvalue weighted by atomic mass is 10.2. The molecule has 2 N–H and O–H groups in total. The molecular formula is C17H22BrN3+2. The van der Waals surface area contributed by atoms with E-state index in [0.717, 1.165) is 13.1 Å². The van der Waals surface area contributed by atoms with Crippen LogP contribution in [0.4, 0.5) is 0 Å². The first-order valence-corrected chi connectivity index (χ1v) is 8.41. The molecule has 3 rings (SSSR count). The van der Waals surface area contributed by atoms with Gasteiger partial charge in [0.25, 0.3) is 0 Å². The van der Waals surface area contributed by atoms with Crippen LogP contribution >= 0.6 is 15.9 Å². The molecule has 0 bridgehead atoms. The molecule has 1 aliphatic rings. The number of halogens is 1. The third-order valence-corrected chi connectivity index (χ3v) is 4.99. The van der Waals surface area contributed by atoms with E-state index in [4.69, 9.17) is 0 Å². The Balaban J connectivity index is 1.50. The number of piperazine rings is 1. The molecule has 0 radical (unpaired) electrons. The van der Waals surface area contributed by atoms with Gasteiger partial charge in [0.1, 0.15) is 39.3 Å². The van der Waals surface area contributed by atoms with Gasteiger partial charge in [-0.15, -0.1) is 0 Å². The number of quaternary nitrogens is 2. The van der Waals surface area contributed by atoms with Crippen LogP contribution in [0.25, 0.3) is 0 Å². The minimum absolute atomic E-state index is 1.06. The summed E-state index contributed by atoms with van der Waals surface area (Å²) in [6, 6.07) is 14.8. The van der Waals surface area contributed by atoms with Gasteiger partial charge in [-0.3, -0.25) is 4.98 Å². The molecule has 1 aliphatic heterocycles. The van der Waals surface area contributed by atoms with Gasteiger partial charge in [-0.2, -0.15) is 0 Å². The third kappa shape index (κ3) is 4.13. The molecule has 1 aromatic heterocycles. The second-order valence-corrected chi connectivity index (χ2v) is 6.62. The minimum Gasteiger partial charge on any atom is -0.322 e. The summed E-state index contributed by atoms with van der Waals surface area (Å²) in [6.07, 6.45) is 1.89. The Morgan fingerprint density at radius 2 is 1.52 bits per heavy atom. The van der Waals surface area contributed by atoms with E-state index in [1.807, 2.05) is 12.3 Å². The Morgan fingerprint density at radius 1 is 0.857 bits per heavy atom. The maximum atomic E-state index is 4.44. The van der Waals surface area contributed by atoms with E-state index < -0.39 is 0 Å². The van der Waals surface area contributed by atoms with Crippen LogP contribution in [0.2, 0.25) is 0 Å². The van der Waals surface area contributed by atoms with Crippen LogP contribution in [0.1, 0.15) is 11.3 Å². The highest BCUT2D eigenvalue weighted by molar-refractivity contribution is 9.10. The van der Waals surface area contributed by atoms with E-state index in [1.165, 1.54) is 41.9 Å². The van der Waals surface area contributed by atoms with Crippen LogP contribution in [0.5, 0.6) is 0 Å². The molecule has 1 saturated heterocycles. The largest absolute Gasteiger partial charge is 0.322 e. The van der Waals surface area contributed by atoms with Crippen molar-refractivity contribution in [3.63, 3.8) is 0 Å². The van der Waals surface area contributed by atoms with Gasteiger partial charge >= 0.3 is 0 Å². The highest BCUT2D eigenvalue weighted by Crippen LogP contribution is 2.14. The van der Waals surface area contributed by atoms with Crippen molar-refractivity contribution in [2.75, 3.05) is 26.2 Å². The van der Waals surface area contributed by atoms with Crippen LogP contribution in [0.15, 0.2) is 53.1 Å². The molecule has 21 heavy (non-hydrogen) atoms. The number of benzene rings is 1. The number of nitrogens with one attached hydrogen (secondary N) is 2. The molecule has 1 fully saturated rings. The number of aromatic nitrogens is 1. The Labute approximate surface area is 134 Å². The first-order valence-electron chi connectivity index (χ1n) is 7.62. The summed E-state index contributed by atoms with van der Waals surface area (Å²) >= 11 is 3.65. The normalized spacial score (nSPS) is 22.1. The van der Waals surface area contributed by atoms with Gasteiger partial charge in [-0.05, 0) is 18.2 Å². The van der Waals surface area contributed by atoms with Crippen LogP contribution in [0.3, 0.4) is 0 Å². The first-order chi connectivity index (χ1) is 10.3. The molecule has 0 spiro atoms. The van der Waals surface area contributed by atoms with Gasteiger partial charge in [0.15, 0.2) is 0 Å². The van der Waals surface area contributed by atoms with E-state index >= 15 is 0 Å². The smallest absolute Gasteiger partial charge is 0.127 e. The highest BCUT2D eigenvalue weighted by Gasteiger charge is 2.23. The van der Waals surface area contributed by atoms with E-state index in [2.05, 4.69) is 57.3 Å². The van der Waals surface area contributed by atoms with Crippen molar-refractivity contribution in [2.45, 2.75) is 13.1 Å². The van der Waals surface area contributed by atoms with Crippen molar-refractivity contribution >= 4 is 15.9 Å². The number of rotatable bonds is 4. The van der Waals surface area contributed by atoms with E-state index in [1.54, 1.807) is 9.80 Å². The van der Waals surface area contributed by atoms with Crippen molar-refractivity contribution in [3.05, 3.63) is 64.4 Å². The summed E-state index contributed by atoms with van der Waals surface area (Å²) in [6.45, 7) is 7.13. The predicted octanol–water partition coefficient (Wildman–Crippen LogP) is 0.328. The van der Waals surface area contributed by atoms with Gasteiger partial charge in [0, 0.05) is 16.2 Å². The topological polar surface area (TPSA) is 21.8 Å². The third-order valence-electron chi connectivity index (χ3n) is 4.22. The van der Waals surface area contributed by atoms with Crippen LogP contribution < -0.4 is 9.80 Å². The molecule has 2 heterocycles. The van der Waals surface area contributed by atoms with Gasteiger partial charge in [0.05, 0.1) is 5.69 Å². The van der Waals surface area contributed by atoms with Gasteiger partial charge in [0.2, 0.25) is 0 Å². The zero-order chi connectivity index (χ0) is 14.5. The zero-order valence-corrected chi connectivity index (χ0v) is 13.8. The van der Waals surface area contributed by atoms with E-state index in [9.17, 15) is 0 Å². The molecule has 110 valence electrons. The average Bonchev–Trinajstić information content (AvgIpc) is 2.52. The second kappa shape index (κ2) is 7.16. The molecule has 3 nitrogen and oxygen atoms in total. The second-order valence-electron chi connectivity index (χ2n) is 5.77. The average molecular weight is 348 g/mol. The quantitative estimate of drug-likeness (QED) is 0.817. The fourth-order valence-electron chi connectivity index (χ4n) is 2.98. The van der Waals surface area contributed by atoms with Gasteiger partial charge in [-0.25, -0.2) is 0 Å². The minimum atomic E-state index is 1.06. The Morgan fingerprint density at radius 3 is 2.19 bits per heavy atom. The van der Waals surface area contributed by atoms with Gasteiger partial charge in [-0.1, -0.05) is 40.2 Å². The summed E-state index contributed by atoms with van der Waals surface area (Å²) in [4.78, 5) is 7.78. The van der Waals surface area contributed by atoms with E-state index in [0.29, 0.717) is 0 Å². The molecule has 0 saturated carbocycles. The molecule has 2 aromatic rings. The van der Waals surface area contributed by atoms with Crippen LogP contribution in [-0.4, -0.2) is 31.2 Å². The standard InChI is InChI=1S/C17H20BrN3/c18-17-7-2-1-5-15(17)13-20-9-11-21(12-10-20)14-16-6-3-4-8-19-16/h1-8H,9-14H2/p+2. The molecule has 0 amide bonds. The number of hydrogen-bond donors (Lipinski definition) is 2. The number of nitrogens with zero attached hydrogens (tertiary/aromatic N) is 1. The highest BCUT2D eigenvalue weighted by atomic mass is 79.9. The molecule has 0 unspecified atom stereocenters. The number of pyridine rings is 1. The molecule has 1 aromatic carbocycles. The van der Waals surface area contributed by atoms with Crippen molar-refractivity contribution in [1.82, 2.24) is 4.98 Å². The SMILES string of the molecule is Brc1ccccc1C[NH+]1CC[NH+](Cc2ccccn2)CC1. The molecule has 0 atom stereocenters. The molecular weight excluding hydrogens is 326 g/mol. The summed E-state index contributed by atoms with van der Waals surface area (Å²) in [7, 11) is 0. The van der Waals surface area contributed by atoms with Crippen molar-refractivity contribution < 1.29 is 9.80 Å². The van der Waals surface area contributed by atoms with E-state index in [-0.39, 0.29) is 0 Å². The Hall–Kier alpha value is -1.23. The summed E-state index contributed by atoms with van der Waals surface area (Å²) in [5.74, 6) is 0. The lowest BCUT2D eigenvalue weighted by Crippen LogP contribution is -3.27. The molecule has 0 aliphatic carbocycles. The van der Waals surface area contributed by atoms with Crippen LogP contribution in [0, 0.1) is 0 Å². The van der Waals surface area contributed by atoms with Crippen molar-refractivity contribution in [1.29, 1.82) is 0 Å². The lowest BCUT2D eigenvalue weighted by molar-refractivity contribution is -1.02. The maximum Gasteiger partial charge on any atom is 0.127 e. The fourth-order valence-corrected chi connectivity index (χ4v) is 3.41. The summed E-state index contributed by atoms with van der Waals surface area (Å²) in [5.41, 5.74) is 2.63. The Bertz CT molecular complexity index is 565. The predicted molar refractivity (Wildman–Crippen MR) is 87.2 cm³/mol. The Kier molecular flexibility index (Phi) is 5.01.